The van der Waals surface area contributed by atoms with Crippen LogP contribution >= 0.6 is 0 Å². The van der Waals surface area contributed by atoms with Crippen molar-refractivity contribution in [1.82, 2.24) is 9.80 Å². The molecule has 0 unspecified atom stereocenters. The molecule has 2 aliphatic heterocycles. The molecule has 0 N–H and O–H groups in total. The van der Waals surface area contributed by atoms with Crippen LogP contribution in [0.3, 0.4) is 0 Å². The fraction of sp³-hybridized carbons (Fsp3) is 0.458. The van der Waals surface area contributed by atoms with Crippen molar-refractivity contribution in [3.05, 3.63) is 65.5 Å². The topological polar surface area (TPSA) is 42.0 Å². The van der Waals surface area contributed by atoms with Crippen LogP contribution in [-0.2, 0) is 16.1 Å². The van der Waals surface area contributed by atoms with E-state index in [9.17, 15) is 9.18 Å². The molecule has 2 aromatic rings. The van der Waals surface area contributed by atoms with E-state index in [1.54, 1.807) is 12.1 Å². The summed E-state index contributed by atoms with van der Waals surface area (Å²) in [4.78, 5) is 16.9. The Morgan fingerprint density at radius 3 is 2.57 bits per heavy atom. The smallest absolute Gasteiger partial charge is 0.248 e. The molecule has 2 saturated heterocycles. The number of piperidine rings is 1. The van der Waals surface area contributed by atoms with Gasteiger partial charge < -0.3 is 14.4 Å². The van der Waals surface area contributed by atoms with Crippen molar-refractivity contribution >= 4 is 5.91 Å². The van der Waals surface area contributed by atoms with Gasteiger partial charge >= 0.3 is 0 Å². The maximum Gasteiger partial charge on any atom is 0.248 e. The molecule has 0 spiro atoms. The van der Waals surface area contributed by atoms with Crippen LogP contribution in [0.4, 0.5) is 4.39 Å². The molecule has 0 saturated carbocycles. The molecule has 0 aromatic heterocycles. The number of hydrogen-bond donors (Lipinski definition) is 0. The molecular weight excluding hydrogens is 383 g/mol. The van der Waals surface area contributed by atoms with Gasteiger partial charge in [0.05, 0.1) is 6.54 Å². The lowest BCUT2D eigenvalue weighted by molar-refractivity contribution is -0.155. The second-order valence-corrected chi connectivity index (χ2v) is 8.18. The monoisotopic (exact) mass is 412 g/mol. The predicted molar refractivity (Wildman–Crippen MR) is 113 cm³/mol. The second-order valence-electron chi connectivity index (χ2n) is 8.18. The summed E-state index contributed by atoms with van der Waals surface area (Å²) in [6.07, 6.45) is 1.78. The van der Waals surface area contributed by atoms with E-state index in [2.05, 4.69) is 36.1 Å². The van der Waals surface area contributed by atoms with Crippen molar-refractivity contribution in [2.45, 2.75) is 38.5 Å². The largest absolute Gasteiger partial charge is 0.491 e. The standard InChI is InChI=1S/C24H29FN2O3/c1-18-4-2-3-5-19(18)14-26-12-10-21(11-13-26)27-15-23(30-17-24(27)28)16-29-22-8-6-20(25)7-9-22/h2-9,21,23H,10-17H2,1H3/t23-/m0/s1. The molecule has 0 bridgehead atoms. The lowest BCUT2D eigenvalue weighted by Crippen LogP contribution is -2.55. The normalized spacial score (nSPS) is 21.1. The Morgan fingerprint density at radius 1 is 1.10 bits per heavy atom. The van der Waals surface area contributed by atoms with Gasteiger partial charge in [0.15, 0.2) is 0 Å². The third kappa shape index (κ3) is 5.18. The average Bonchev–Trinajstić information content (AvgIpc) is 2.76. The number of hydrogen-bond acceptors (Lipinski definition) is 4. The maximum atomic E-state index is 13.0. The molecule has 6 heteroatoms. The van der Waals surface area contributed by atoms with Crippen LogP contribution in [0.1, 0.15) is 24.0 Å². The van der Waals surface area contributed by atoms with Crippen LogP contribution in [0.5, 0.6) is 5.75 Å². The molecule has 2 aliphatic rings. The number of likely N-dealkylation sites (tertiary alicyclic amines) is 1. The highest BCUT2D eigenvalue weighted by atomic mass is 19.1. The molecule has 2 aromatic carbocycles. The minimum absolute atomic E-state index is 0.0605. The number of ether oxygens (including phenoxy) is 2. The summed E-state index contributed by atoms with van der Waals surface area (Å²) in [7, 11) is 0. The van der Waals surface area contributed by atoms with Gasteiger partial charge in [0.1, 0.15) is 30.9 Å². The van der Waals surface area contributed by atoms with E-state index in [1.165, 1.54) is 23.3 Å². The van der Waals surface area contributed by atoms with Crippen molar-refractivity contribution in [3.8, 4) is 5.75 Å². The Balaban J connectivity index is 1.27. The molecular formula is C24H29FN2O3. The molecule has 0 aliphatic carbocycles. The first-order valence-corrected chi connectivity index (χ1v) is 10.6. The van der Waals surface area contributed by atoms with Crippen LogP contribution in [0.15, 0.2) is 48.5 Å². The lowest BCUT2D eigenvalue weighted by atomic mass is 10.0. The summed E-state index contributed by atoms with van der Waals surface area (Å²) in [6.45, 7) is 6.08. The van der Waals surface area contributed by atoms with E-state index in [4.69, 9.17) is 9.47 Å². The predicted octanol–water partition coefficient (Wildman–Crippen LogP) is 3.40. The second kappa shape index (κ2) is 9.58. The summed E-state index contributed by atoms with van der Waals surface area (Å²) in [5.74, 6) is 0.375. The number of benzene rings is 2. The third-order valence-corrected chi connectivity index (χ3v) is 6.07. The quantitative estimate of drug-likeness (QED) is 0.729. The zero-order valence-corrected chi connectivity index (χ0v) is 17.4. The number of amides is 1. The highest BCUT2D eigenvalue weighted by Gasteiger charge is 2.33. The Labute approximate surface area is 177 Å². The molecule has 1 atom stereocenters. The van der Waals surface area contributed by atoms with Crippen molar-refractivity contribution in [2.75, 3.05) is 32.8 Å². The van der Waals surface area contributed by atoms with Crippen LogP contribution in [-0.4, -0.2) is 60.7 Å². The minimum atomic E-state index is -0.290. The molecule has 5 nitrogen and oxygen atoms in total. The Kier molecular flexibility index (Phi) is 6.65. The summed E-state index contributed by atoms with van der Waals surface area (Å²) < 4.78 is 24.4. The van der Waals surface area contributed by atoms with Gasteiger partial charge in [-0.1, -0.05) is 24.3 Å². The van der Waals surface area contributed by atoms with Gasteiger partial charge in [0.25, 0.3) is 0 Å². The first kappa shape index (κ1) is 20.8. The van der Waals surface area contributed by atoms with Gasteiger partial charge in [0.2, 0.25) is 5.91 Å². The summed E-state index contributed by atoms with van der Waals surface area (Å²) in [5, 5.41) is 0. The Morgan fingerprint density at radius 2 is 1.83 bits per heavy atom. The molecule has 160 valence electrons. The number of halogens is 1. The van der Waals surface area contributed by atoms with E-state index in [1.807, 2.05) is 4.90 Å². The highest BCUT2D eigenvalue weighted by molar-refractivity contribution is 5.78. The van der Waals surface area contributed by atoms with Crippen LogP contribution in [0, 0.1) is 12.7 Å². The highest BCUT2D eigenvalue weighted by Crippen LogP contribution is 2.22. The first-order valence-electron chi connectivity index (χ1n) is 10.6. The van der Waals surface area contributed by atoms with Crippen LogP contribution < -0.4 is 4.74 Å². The van der Waals surface area contributed by atoms with E-state index < -0.39 is 0 Å². The number of nitrogens with zero attached hydrogens (tertiary/aromatic N) is 2. The Bertz CT molecular complexity index is 850. The third-order valence-electron chi connectivity index (χ3n) is 6.07. The maximum absolute atomic E-state index is 13.0. The summed E-state index contributed by atoms with van der Waals surface area (Å²) >= 11 is 0. The fourth-order valence-electron chi connectivity index (χ4n) is 4.24. The molecule has 30 heavy (non-hydrogen) atoms. The van der Waals surface area contributed by atoms with Crippen molar-refractivity contribution in [3.63, 3.8) is 0 Å². The SMILES string of the molecule is Cc1ccccc1CN1CCC(N2C[C@@H](COc3ccc(F)cc3)OCC2=O)CC1. The lowest BCUT2D eigenvalue weighted by Gasteiger charge is -2.42. The van der Waals surface area contributed by atoms with E-state index >= 15 is 0 Å². The Hall–Kier alpha value is -2.44. The molecule has 0 radical (unpaired) electrons. The van der Waals surface area contributed by atoms with Gasteiger partial charge in [0, 0.05) is 25.7 Å². The van der Waals surface area contributed by atoms with E-state index in [0.29, 0.717) is 18.9 Å². The van der Waals surface area contributed by atoms with E-state index in [-0.39, 0.29) is 30.5 Å². The molecule has 1 amide bonds. The molecule has 4 rings (SSSR count). The van der Waals surface area contributed by atoms with Crippen molar-refractivity contribution < 1.29 is 18.7 Å². The average molecular weight is 413 g/mol. The summed E-state index contributed by atoms with van der Waals surface area (Å²) in [6, 6.07) is 14.7. The van der Waals surface area contributed by atoms with Crippen molar-refractivity contribution in [1.29, 1.82) is 0 Å². The fourth-order valence-corrected chi connectivity index (χ4v) is 4.24. The zero-order valence-electron chi connectivity index (χ0n) is 17.4. The van der Waals surface area contributed by atoms with Gasteiger partial charge in [-0.15, -0.1) is 0 Å². The minimum Gasteiger partial charge on any atom is -0.491 e. The first-order chi connectivity index (χ1) is 14.6. The van der Waals surface area contributed by atoms with Gasteiger partial charge in [-0.25, -0.2) is 4.39 Å². The number of carbonyl (C=O) groups is 1. The molecule has 2 fully saturated rings. The van der Waals surface area contributed by atoms with Gasteiger partial charge in [-0.3, -0.25) is 9.69 Å². The van der Waals surface area contributed by atoms with E-state index in [0.717, 1.165) is 32.5 Å². The van der Waals surface area contributed by atoms with Crippen LogP contribution in [0.2, 0.25) is 0 Å². The summed E-state index contributed by atoms with van der Waals surface area (Å²) in [5.41, 5.74) is 2.70. The number of aryl methyl sites for hydroxylation is 1. The van der Waals surface area contributed by atoms with Crippen molar-refractivity contribution in [2.24, 2.45) is 0 Å². The number of carbonyl (C=O) groups excluding carboxylic acids is 1. The number of rotatable bonds is 6. The van der Waals surface area contributed by atoms with Crippen LogP contribution in [0.25, 0.3) is 0 Å². The van der Waals surface area contributed by atoms with Gasteiger partial charge in [-0.2, -0.15) is 0 Å². The van der Waals surface area contributed by atoms with Gasteiger partial charge in [-0.05, 0) is 55.2 Å². The zero-order chi connectivity index (χ0) is 20.9. The molecule has 2 heterocycles. The number of morpholine rings is 1.